The van der Waals surface area contributed by atoms with Crippen LogP contribution in [0.2, 0.25) is 0 Å². The number of esters is 1. The van der Waals surface area contributed by atoms with E-state index < -0.39 is 54.2 Å². The van der Waals surface area contributed by atoms with Crippen molar-refractivity contribution in [2.24, 2.45) is 5.73 Å². The van der Waals surface area contributed by atoms with Gasteiger partial charge in [-0.05, 0) is 5.56 Å². The van der Waals surface area contributed by atoms with Crippen molar-refractivity contribution < 1.29 is 40.6 Å². The molecule has 0 saturated carbocycles. The van der Waals surface area contributed by atoms with Crippen molar-refractivity contribution in [3.8, 4) is 5.88 Å². The van der Waals surface area contributed by atoms with E-state index in [1.54, 1.807) is 0 Å². The molecule has 1 rings (SSSR count). The van der Waals surface area contributed by atoms with E-state index >= 15 is 0 Å². The summed E-state index contributed by atoms with van der Waals surface area (Å²) >= 11 is 0. The maximum atomic E-state index is 13.0. The second kappa shape index (κ2) is 6.38. The molecule has 0 radical (unpaired) electrons. The van der Waals surface area contributed by atoms with Crippen LogP contribution < -0.4 is 10.5 Å². The number of hydrogen-bond acceptors (Lipinski definition) is 5. The highest BCUT2D eigenvalue weighted by Crippen LogP contribution is 2.36. The van der Waals surface area contributed by atoms with Crippen LogP contribution in [0.25, 0.3) is 0 Å². The number of nitrogens with two attached hydrogens (primary N) is 1. The summed E-state index contributed by atoms with van der Waals surface area (Å²) in [7, 11) is 0.924. The fourth-order valence-electron chi connectivity index (χ4n) is 1.66. The lowest BCUT2D eigenvalue weighted by atomic mass is 10.0. The van der Waals surface area contributed by atoms with Gasteiger partial charge in [-0.15, -0.1) is 13.2 Å². The maximum Gasteiger partial charge on any atom is 0.574 e. The molecule has 2 N–H and O–H groups in total. The quantitative estimate of drug-likeness (QED) is 0.676. The van der Waals surface area contributed by atoms with Gasteiger partial charge in [0.25, 0.3) is 0 Å². The van der Waals surface area contributed by atoms with Gasteiger partial charge >= 0.3 is 18.5 Å². The molecule has 0 unspecified atom stereocenters. The van der Waals surface area contributed by atoms with Gasteiger partial charge in [-0.25, -0.2) is 4.98 Å². The third-order valence-electron chi connectivity index (χ3n) is 2.41. The Labute approximate surface area is 120 Å². The van der Waals surface area contributed by atoms with Crippen LogP contribution in [0.3, 0.4) is 0 Å². The molecule has 0 aliphatic heterocycles. The fraction of sp³-hybridized carbons (Fsp3) is 0.455. The van der Waals surface area contributed by atoms with Gasteiger partial charge in [0, 0.05) is 12.6 Å². The Morgan fingerprint density at radius 3 is 2.27 bits per heavy atom. The van der Waals surface area contributed by atoms with Gasteiger partial charge in [-0.2, -0.15) is 13.2 Å². The van der Waals surface area contributed by atoms with Crippen LogP contribution in [0.15, 0.2) is 6.07 Å². The highest BCUT2D eigenvalue weighted by molar-refractivity contribution is 5.73. The van der Waals surface area contributed by atoms with E-state index in [2.05, 4.69) is 14.5 Å². The minimum Gasteiger partial charge on any atom is -0.469 e. The molecule has 11 heteroatoms. The lowest BCUT2D eigenvalue weighted by molar-refractivity contribution is -0.276. The number of ether oxygens (including phenoxy) is 2. The van der Waals surface area contributed by atoms with Gasteiger partial charge in [-0.3, -0.25) is 4.79 Å². The van der Waals surface area contributed by atoms with Crippen molar-refractivity contribution in [3.05, 3.63) is 22.9 Å². The van der Waals surface area contributed by atoms with Gasteiger partial charge in [0.15, 0.2) is 0 Å². The number of pyridine rings is 1. The molecule has 0 aromatic carbocycles. The number of methoxy groups -OCH3 is 1. The number of halogens is 6. The summed E-state index contributed by atoms with van der Waals surface area (Å²) < 4.78 is 83.2. The summed E-state index contributed by atoms with van der Waals surface area (Å²) in [6, 6.07) is 0.381. The third-order valence-corrected chi connectivity index (χ3v) is 2.41. The summed E-state index contributed by atoms with van der Waals surface area (Å²) in [5.74, 6) is -2.21. The SMILES string of the molecule is COC(=O)Cc1cc(OC(F)(F)F)nc(CN)c1C(F)(F)F. The van der Waals surface area contributed by atoms with Gasteiger partial charge < -0.3 is 15.2 Å². The summed E-state index contributed by atoms with van der Waals surface area (Å²) in [5.41, 5.74) is 2.08. The summed E-state index contributed by atoms with van der Waals surface area (Å²) in [4.78, 5) is 14.2. The molecule has 0 atom stereocenters. The first kappa shape index (κ1) is 18.0. The Kier molecular flexibility index (Phi) is 5.22. The van der Waals surface area contributed by atoms with Crippen LogP contribution in [0.5, 0.6) is 5.88 Å². The van der Waals surface area contributed by atoms with E-state index in [9.17, 15) is 31.1 Å². The predicted octanol–water partition coefficient (Wildman–Crippen LogP) is 2.17. The molecule has 0 amide bonds. The average molecular weight is 332 g/mol. The molecule has 5 nitrogen and oxygen atoms in total. The lowest BCUT2D eigenvalue weighted by Gasteiger charge is -2.17. The zero-order chi connectivity index (χ0) is 17.1. The Morgan fingerprint density at radius 2 is 1.86 bits per heavy atom. The van der Waals surface area contributed by atoms with Crippen molar-refractivity contribution in [2.75, 3.05) is 7.11 Å². The Bertz CT molecular complexity index is 556. The number of carbonyl (C=O) groups is 1. The molecule has 1 aromatic heterocycles. The number of alkyl halides is 6. The second-order valence-electron chi connectivity index (χ2n) is 3.94. The normalized spacial score (nSPS) is 12.2. The second-order valence-corrected chi connectivity index (χ2v) is 3.94. The molecule has 0 saturated heterocycles. The molecule has 22 heavy (non-hydrogen) atoms. The molecule has 0 spiro atoms. The van der Waals surface area contributed by atoms with Crippen LogP contribution in [0.4, 0.5) is 26.3 Å². The van der Waals surface area contributed by atoms with Gasteiger partial charge in [-0.1, -0.05) is 0 Å². The number of hydrogen-bond donors (Lipinski definition) is 1. The average Bonchev–Trinajstić information content (AvgIpc) is 2.34. The van der Waals surface area contributed by atoms with Crippen molar-refractivity contribution in [1.29, 1.82) is 0 Å². The van der Waals surface area contributed by atoms with Crippen molar-refractivity contribution >= 4 is 5.97 Å². The largest absolute Gasteiger partial charge is 0.574 e. The molecule has 0 aliphatic rings. The van der Waals surface area contributed by atoms with Crippen LogP contribution in [0, 0.1) is 0 Å². The van der Waals surface area contributed by atoms with Crippen molar-refractivity contribution in [3.63, 3.8) is 0 Å². The summed E-state index contributed by atoms with van der Waals surface area (Å²) in [6.07, 6.45) is -11.0. The lowest BCUT2D eigenvalue weighted by Crippen LogP contribution is -2.22. The van der Waals surface area contributed by atoms with E-state index in [0.717, 1.165) is 7.11 Å². The standard InChI is InChI=1S/C11H10F6N2O3/c1-21-8(20)3-5-2-7(22-11(15,16)17)19-6(4-18)9(5)10(12,13)14/h2H,3-4,18H2,1H3. The van der Waals surface area contributed by atoms with E-state index in [4.69, 9.17) is 5.73 Å². The highest BCUT2D eigenvalue weighted by atomic mass is 19.4. The molecular weight excluding hydrogens is 322 g/mol. The topological polar surface area (TPSA) is 74.4 Å². The minimum atomic E-state index is -5.15. The van der Waals surface area contributed by atoms with Gasteiger partial charge in [0.1, 0.15) is 0 Å². The molecule has 0 aliphatic carbocycles. The van der Waals surface area contributed by atoms with Gasteiger partial charge in [0.05, 0.1) is 24.8 Å². The first-order valence-corrected chi connectivity index (χ1v) is 5.60. The predicted molar refractivity (Wildman–Crippen MR) is 59.5 cm³/mol. The van der Waals surface area contributed by atoms with Crippen LogP contribution >= 0.6 is 0 Å². The van der Waals surface area contributed by atoms with E-state index in [1.165, 1.54) is 0 Å². The summed E-state index contributed by atoms with van der Waals surface area (Å²) in [6.45, 7) is -0.794. The highest BCUT2D eigenvalue weighted by Gasteiger charge is 2.39. The minimum absolute atomic E-state index is 0.381. The van der Waals surface area contributed by atoms with Crippen LogP contribution in [-0.4, -0.2) is 24.4 Å². The third kappa shape index (κ3) is 4.76. The molecular formula is C11H10F6N2O3. The van der Waals surface area contributed by atoms with E-state index in [0.29, 0.717) is 6.07 Å². The van der Waals surface area contributed by atoms with Crippen LogP contribution in [-0.2, 0) is 28.7 Å². The maximum absolute atomic E-state index is 13.0. The molecule has 0 fully saturated rings. The number of nitrogens with zero attached hydrogens (tertiary/aromatic N) is 1. The van der Waals surface area contributed by atoms with Gasteiger partial charge in [0.2, 0.25) is 5.88 Å². The van der Waals surface area contributed by atoms with Crippen molar-refractivity contribution in [2.45, 2.75) is 25.5 Å². The first-order chi connectivity index (χ1) is 9.97. The number of carbonyl (C=O) groups excluding carboxylic acids is 1. The first-order valence-electron chi connectivity index (χ1n) is 5.60. The monoisotopic (exact) mass is 332 g/mol. The molecule has 1 aromatic rings. The Balaban J connectivity index is 3.45. The summed E-state index contributed by atoms with van der Waals surface area (Å²) in [5, 5.41) is 0. The molecule has 124 valence electrons. The van der Waals surface area contributed by atoms with E-state index in [-0.39, 0.29) is 0 Å². The molecule has 0 bridgehead atoms. The smallest absolute Gasteiger partial charge is 0.469 e. The fourth-order valence-corrected chi connectivity index (χ4v) is 1.66. The Hall–Kier alpha value is -2.04. The zero-order valence-electron chi connectivity index (χ0n) is 11.0. The zero-order valence-corrected chi connectivity index (χ0v) is 11.0. The molecule has 1 heterocycles. The van der Waals surface area contributed by atoms with E-state index in [1.807, 2.05) is 0 Å². The van der Waals surface area contributed by atoms with Crippen LogP contribution in [0.1, 0.15) is 16.8 Å². The number of aromatic nitrogens is 1. The Morgan fingerprint density at radius 1 is 1.27 bits per heavy atom. The number of rotatable bonds is 4. The van der Waals surface area contributed by atoms with Crippen molar-refractivity contribution in [1.82, 2.24) is 4.98 Å².